The standard InChI is InChI=1S/C11H15NO2.BrH/c1-13-10-5-8-3-4-12-7-9(8)6-11(10)14-2;/h5-6,12H,3-4,7H2,1-2H3;1H. The Morgan fingerprint density at radius 3 is 2.27 bits per heavy atom. The molecule has 0 fully saturated rings. The van der Waals surface area contributed by atoms with E-state index in [0.717, 1.165) is 31.0 Å². The smallest absolute Gasteiger partial charge is 0.161 e. The number of nitrogens with one attached hydrogen (secondary N) is 1. The third kappa shape index (κ3) is 2.44. The summed E-state index contributed by atoms with van der Waals surface area (Å²) in [5.74, 6) is 1.64. The molecule has 3 nitrogen and oxygen atoms in total. The highest BCUT2D eigenvalue weighted by Crippen LogP contribution is 2.31. The number of methoxy groups -OCH3 is 2. The number of benzene rings is 1. The largest absolute Gasteiger partial charge is 0.493 e. The van der Waals surface area contributed by atoms with E-state index < -0.39 is 0 Å². The van der Waals surface area contributed by atoms with Gasteiger partial charge in [0.15, 0.2) is 11.5 Å². The molecule has 0 spiro atoms. The first-order valence-electron chi connectivity index (χ1n) is 4.79. The molecule has 0 amide bonds. The van der Waals surface area contributed by atoms with Crippen molar-refractivity contribution in [1.29, 1.82) is 0 Å². The van der Waals surface area contributed by atoms with Gasteiger partial charge in [0.05, 0.1) is 14.2 Å². The van der Waals surface area contributed by atoms with Crippen molar-refractivity contribution in [2.75, 3.05) is 20.8 Å². The molecule has 0 saturated heterocycles. The van der Waals surface area contributed by atoms with Crippen LogP contribution in [0.4, 0.5) is 0 Å². The SMILES string of the molecule is Br.COc1cc2c(cc1OC)CNCC2. The maximum Gasteiger partial charge on any atom is 0.161 e. The lowest BCUT2D eigenvalue weighted by Gasteiger charge is -2.19. The van der Waals surface area contributed by atoms with Crippen molar-refractivity contribution in [3.63, 3.8) is 0 Å². The van der Waals surface area contributed by atoms with Gasteiger partial charge in [-0.1, -0.05) is 0 Å². The molecule has 1 heterocycles. The molecule has 0 atom stereocenters. The molecular weight excluding hydrogens is 258 g/mol. The van der Waals surface area contributed by atoms with E-state index in [1.165, 1.54) is 11.1 Å². The van der Waals surface area contributed by atoms with Crippen molar-refractivity contribution in [3.8, 4) is 11.5 Å². The van der Waals surface area contributed by atoms with Gasteiger partial charge in [0, 0.05) is 6.54 Å². The second kappa shape index (κ2) is 5.37. The molecule has 0 saturated carbocycles. The summed E-state index contributed by atoms with van der Waals surface area (Å²) in [5.41, 5.74) is 2.68. The van der Waals surface area contributed by atoms with E-state index >= 15 is 0 Å². The van der Waals surface area contributed by atoms with E-state index in [1.54, 1.807) is 14.2 Å². The van der Waals surface area contributed by atoms with Gasteiger partial charge in [-0.3, -0.25) is 0 Å². The molecule has 0 radical (unpaired) electrons. The Bertz CT molecular complexity index is 297. The first kappa shape index (κ1) is 12.3. The minimum Gasteiger partial charge on any atom is -0.493 e. The molecule has 1 N–H and O–H groups in total. The zero-order chi connectivity index (χ0) is 9.97. The highest BCUT2D eigenvalue weighted by molar-refractivity contribution is 8.93. The molecule has 1 aliphatic rings. The second-order valence-corrected chi connectivity index (χ2v) is 3.40. The van der Waals surface area contributed by atoms with Crippen LogP contribution in [0.3, 0.4) is 0 Å². The topological polar surface area (TPSA) is 30.5 Å². The summed E-state index contributed by atoms with van der Waals surface area (Å²) in [6.45, 7) is 1.97. The van der Waals surface area contributed by atoms with Crippen molar-refractivity contribution in [2.24, 2.45) is 0 Å². The summed E-state index contributed by atoms with van der Waals surface area (Å²) in [5, 5.41) is 3.33. The van der Waals surface area contributed by atoms with E-state index in [-0.39, 0.29) is 17.0 Å². The lowest BCUT2D eigenvalue weighted by molar-refractivity contribution is 0.353. The van der Waals surface area contributed by atoms with E-state index in [0.29, 0.717) is 0 Å². The molecule has 0 unspecified atom stereocenters. The monoisotopic (exact) mass is 273 g/mol. The average molecular weight is 274 g/mol. The van der Waals surface area contributed by atoms with Crippen LogP contribution in [0.1, 0.15) is 11.1 Å². The quantitative estimate of drug-likeness (QED) is 0.893. The minimum absolute atomic E-state index is 0. The number of hydrogen-bond donors (Lipinski definition) is 1. The van der Waals surface area contributed by atoms with Crippen LogP contribution in [0.2, 0.25) is 0 Å². The fourth-order valence-corrected chi connectivity index (χ4v) is 1.81. The maximum absolute atomic E-state index is 5.26. The number of rotatable bonds is 2. The van der Waals surface area contributed by atoms with Crippen molar-refractivity contribution >= 4 is 17.0 Å². The number of hydrogen-bond acceptors (Lipinski definition) is 3. The van der Waals surface area contributed by atoms with Crippen LogP contribution in [0, 0.1) is 0 Å². The summed E-state index contributed by atoms with van der Waals surface area (Å²) in [7, 11) is 3.34. The summed E-state index contributed by atoms with van der Waals surface area (Å²) in [6.07, 6.45) is 1.07. The van der Waals surface area contributed by atoms with E-state index in [1.807, 2.05) is 0 Å². The van der Waals surface area contributed by atoms with Gasteiger partial charge in [-0.05, 0) is 36.2 Å². The number of ether oxygens (including phenoxy) is 2. The van der Waals surface area contributed by atoms with Gasteiger partial charge in [0.25, 0.3) is 0 Å². The average Bonchev–Trinajstić information content (AvgIpc) is 2.27. The molecule has 0 bridgehead atoms. The van der Waals surface area contributed by atoms with Crippen molar-refractivity contribution in [1.82, 2.24) is 5.32 Å². The van der Waals surface area contributed by atoms with Gasteiger partial charge < -0.3 is 14.8 Å². The fraction of sp³-hybridized carbons (Fsp3) is 0.455. The molecule has 1 aromatic carbocycles. The van der Waals surface area contributed by atoms with Gasteiger partial charge in [-0.25, -0.2) is 0 Å². The van der Waals surface area contributed by atoms with Gasteiger partial charge in [0.1, 0.15) is 0 Å². The molecule has 84 valence electrons. The van der Waals surface area contributed by atoms with E-state index in [9.17, 15) is 0 Å². The van der Waals surface area contributed by atoms with Crippen molar-refractivity contribution in [3.05, 3.63) is 23.3 Å². The molecule has 15 heavy (non-hydrogen) atoms. The van der Waals surface area contributed by atoms with Crippen molar-refractivity contribution < 1.29 is 9.47 Å². The predicted octanol–water partition coefficient (Wildman–Crippen LogP) is 1.93. The Morgan fingerprint density at radius 2 is 1.67 bits per heavy atom. The molecule has 4 heteroatoms. The van der Waals surface area contributed by atoms with Crippen LogP contribution in [-0.2, 0) is 13.0 Å². The van der Waals surface area contributed by atoms with E-state index in [2.05, 4.69) is 17.4 Å². The Morgan fingerprint density at radius 1 is 1.07 bits per heavy atom. The number of fused-ring (bicyclic) bond motifs is 1. The van der Waals surface area contributed by atoms with Crippen LogP contribution in [0.5, 0.6) is 11.5 Å². The van der Waals surface area contributed by atoms with Crippen LogP contribution in [-0.4, -0.2) is 20.8 Å². The highest BCUT2D eigenvalue weighted by Gasteiger charge is 2.13. The molecule has 0 aromatic heterocycles. The van der Waals surface area contributed by atoms with Gasteiger partial charge >= 0.3 is 0 Å². The van der Waals surface area contributed by atoms with Gasteiger partial charge in [-0.15, -0.1) is 17.0 Å². The highest BCUT2D eigenvalue weighted by atomic mass is 79.9. The zero-order valence-corrected chi connectivity index (χ0v) is 10.7. The first-order chi connectivity index (χ1) is 6.85. The fourth-order valence-electron chi connectivity index (χ4n) is 1.81. The molecule has 1 aromatic rings. The second-order valence-electron chi connectivity index (χ2n) is 3.40. The summed E-state index contributed by atoms with van der Waals surface area (Å²) >= 11 is 0. The normalized spacial score (nSPS) is 13.7. The lowest BCUT2D eigenvalue weighted by Crippen LogP contribution is -2.23. The first-order valence-corrected chi connectivity index (χ1v) is 4.79. The van der Waals surface area contributed by atoms with Crippen LogP contribution in [0.15, 0.2) is 12.1 Å². The Labute approximate surface area is 101 Å². The molecule has 2 rings (SSSR count). The molecule has 0 aliphatic carbocycles. The summed E-state index contributed by atoms with van der Waals surface area (Å²) < 4.78 is 10.5. The lowest BCUT2D eigenvalue weighted by atomic mass is 10.0. The van der Waals surface area contributed by atoms with Crippen molar-refractivity contribution in [2.45, 2.75) is 13.0 Å². The molecular formula is C11H16BrNO2. The Balaban J connectivity index is 0.00000112. The number of halogens is 1. The van der Waals surface area contributed by atoms with Crippen LogP contribution < -0.4 is 14.8 Å². The zero-order valence-electron chi connectivity index (χ0n) is 9.00. The summed E-state index contributed by atoms with van der Waals surface area (Å²) in [6, 6.07) is 4.13. The minimum atomic E-state index is 0. The molecule has 1 aliphatic heterocycles. The third-order valence-corrected chi connectivity index (χ3v) is 2.59. The maximum atomic E-state index is 5.26. The van der Waals surface area contributed by atoms with E-state index in [4.69, 9.17) is 9.47 Å². The third-order valence-electron chi connectivity index (χ3n) is 2.59. The van der Waals surface area contributed by atoms with Gasteiger partial charge in [0.2, 0.25) is 0 Å². The van der Waals surface area contributed by atoms with Gasteiger partial charge in [-0.2, -0.15) is 0 Å². The Hall–Kier alpha value is -0.740. The van der Waals surface area contributed by atoms with Crippen LogP contribution >= 0.6 is 17.0 Å². The van der Waals surface area contributed by atoms with Crippen LogP contribution in [0.25, 0.3) is 0 Å². The Kier molecular flexibility index (Phi) is 4.42. The predicted molar refractivity (Wildman–Crippen MR) is 65.3 cm³/mol. The summed E-state index contributed by atoms with van der Waals surface area (Å²) in [4.78, 5) is 0.